The van der Waals surface area contributed by atoms with Crippen molar-refractivity contribution < 1.29 is 80.6 Å². The third-order valence-electron chi connectivity index (χ3n) is 7.84. The molecule has 1 fully saturated rings. The molecule has 0 radical (unpaired) electrons. The third-order valence-corrected chi connectivity index (χ3v) is 7.84. The molecule has 4 aromatic rings. The molecular formula is C41H36O18. The van der Waals surface area contributed by atoms with Crippen LogP contribution in [0.2, 0.25) is 0 Å². The van der Waals surface area contributed by atoms with Crippen molar-refractivity contribution >= 4 is 58.8 Å². The van der Waals surface area contributed by atoms with E-state index in [1.165, 1.54) is 62.4 Å². The number of carbonyl (C=O) groups is 7. The molecule has 0 amide bonds. The van der Waals surface area contributed by atoms with Crippen molar-refractivity contribution in [3.63, 3.8) is 0 Å². The van der Waals surface area contributed by atoms with Gasteiger partial charge in [0.25, 0.3) is 0 Å². The second kappa shape index (κ2) is 18.7. The second-order valence-electron chi connectivity index (χ2n) is 12.6. The minimum Gasteiger partial charge on any atom is -0.463 e. The average molecular weight is 817 g/mol. The topological polar surface area (TPSA) is 233 Å². The van der Waals surface area contributed by atoms with Gasteiger partial charge in [0.1, 0.15) is 46.7 Å². The highest BCUT2D eigenvalue weighted by Crippen LogP contribution is 2.39. The van der Waals surface area contributed by atoms with Crippen molar-refractivity contribution in [2.24, 2.45) is 0 Å². The van der Waals surface area contributed by atoms with Gasteiger partial charge in [0, 0.05) is 65.3 Å². The van der Waals surface area contributed by atoms with Crippen LogP contribution < -0.4 is 29.1 Å². The minimum absolute atomic E-state index is 0.137. The van der Waals surface area contributed by atoms with Crippen LogP contribution in [0.5, 0.6) is 28.7 Å². The normalized spacial score (nSPS) is 17.1. The molecule has 1 saturated heterocycles. The summed E-state index contributed by atoms with van der Waals surface area (Å²) in [5.41, 5.74) is -0.544. The molecule has 0 aliphatic carbocycles. The maximum absolute atomic E-state index is 14.6. The van der Waals surface area contributed by atoms with E-state index in [1.807, 2.05) is 0 Å². The lowest BCUT2D eigenvalue weighted by Crippen LogP contribution is -2.42. The molecule has 0 bridgehead atoms. The predicted octanol–water partition coefficient (Wildman–Crippen LogP) is 4.38. The van der Waals surface area contributed by atoms with Crippen LogP contribution in [0.15, 0.2) is 76.0 Å². The first kappa shape index (κ1) is 42.8. The molecule has 0 unspecified atom stereocenters. The van der Waals surface area contributed by atoms with E-state index < -0.39 is 84.2 Å². The van der Waals surface area contributed by atoms with Gasteiger partial charge in [-0.2, -0.15) is 0 Å². The summed E-state index contributed by atoms with van der Waals surface area (Å²) in [7, 11) is 0. The fourth-order valence-electron chi connectivity index (χ4n) is 5.69. The molecule has 59 heavy (non-hydrogen) atoms. The van der Waals surface area contributed by atoms with Gasteiger partial charge in [-0.15, -0.1) is 0 Å². The zero-order valence-electron chi connectivity index (χ0n) is 32.3. The van der Waals surface area contributed by atoms with Crippen molar-refractivity contribution in [1.29, 1.82) is 0 Å². The van der Waals surface area contributed by atoms with E-state index in [0.29, 0.717) is 5.56 Å². The molecule has 5 rings (SSSR count). The zero-order chi connectivity index (χ0) is 43.0. The standard InChI is InChI=1S/C41H36O18/c1-20(42)50-19-33-38(55-25(6)47)40(58-34(48)16-9-26-7-12-28(13-8-26)51-21(2)43)41(57-33)59-39-36(49)35-31(54-24(5)46)17-30(53-23(4)45)18-32(35)56-37(39)27-10-14-29(15-11-27)52-22(3)44/h7-18,33,38,40-41H,19H2,1-6H3/b16-9+/t33-,38-,40+,41-/m0/s1. The monoisotopic (exact) mass is 816 g/mol. The SMILES string of the molecule is CC(=O)OC[C@@H]1O[C@@H](Oc2c(-c3ccc(OC(C)=O)cc3)oc3cc(OC(C)=O)cc(OC(C)=O)c3c2=O)[C@H](OC(=O)/C=C/c2ccc(OC(C)=O)cc2)[C@H]1OC(C)=O. The number of rotatable bonds is 13. The second-order valence-corrected chi connectivity index (χ2v) is 12.6. The smallest absolute Gasteiger partial charge is 0.331 e. The van der Waals surface area contributed by atoms with Gasteiger partial charge in [0.15, 0.2) is 11.9 Å². The van der Waals surface area contributed by atoms with Crippen molar-refractivity contribution in [2.75, 3.05) is 6.61 Å². The molecule has 0 saturated carbocycles. The lowest BCUT2D eigenvalue weighted by Gasteiger charge is -2.24. The highest BCUT2D eigenvalue weighted by Gasteiger charge is 2.52. The summed E-state index contributed by atoms with van der Waals surface area (Å²) in [6.07, 6.45) is -3.80. The van der Waals surface area contributed by atoms with Crippen LogP contribution in [0, 0.1) is 0 Å². The van der Waals surface area contributed by atoms with Gasteiger partial charge < -0.3 is 47.0 Å². The Hall–Kier alpha value is -7.34. The minimum atomic E-state index is -1.78. The Balaban J connectivity index is 1.63. The highest BCUT2D eigenvalue weighted by atomic mass is 16.7. The summed E-state index contributed by atoms with van der Waals surface area (Å²) in [5, 5.41) is -0.353. The number of hydrogen-bond acceptors (Lipinski definition) is 18. The Morgan fingerprint density at radius 3 is 1.78 bits per heavy atom. The fourth-order valence-corrected chi connectivity index (χ4v) is 5.69. The Bertz CT molecular complexity index is 2370. The maximum Gasteiger partial charge on any atom is 0.331 e. The molecule has 308 valence electrons. The summed E-state index contributed by atoms with van der Waals surface area (Å²) >= 11 is 0. The third kappa shape index (κ3) is 11.4. The Morgan fingerprint density at radius 2 is 1.22 bits per heavy atom. The molecule has 2 heterocycles. The Morgan fingerprint density at radius 1 is 0.644 bits per heavy atom. The molecule has 18 heteroatoms. The molecule has 0 N–H and O–H groups in total. The van der Waals surface area contributed by atoms with Crippen molar-refractivity contribution in [1.82, 2.24) is 0 Å². The molecular weight excluding hydrogens is 780 g/mol. The van der Waals surface area contributed by atoms with E-state index in [2.05, 4.69) is 0 Å². The van der Waals surface area contributed by atoms with E-state index in [0.717, 1.165) is 39.8 Å². The van der Waals surface area contributed by atoms with Crippen molar-refractivity contribution in [3.05, 3.63) is 82.5 Å². The number of benzene rings is 3. The van der Waals surface area contributed by atoms with Crippen molar-refractivity contribution in [3.8, 4) is 40.1 Å². The van der Waals surface area contributed by atoms with Gasteiger partial charge in [-0.1, -0.05) is 12.1 Å². The van der Waals surface area contributed by atoms with Gasteiger partial charge in [-0.3, -0.25) is 33.6 Å². The van der Waals surface area contributed by atoms with Gasteiger partial charge in [-0.25, -0.2) is 4.79 Å². The number of hydrogen-bond donors (Lipinski definition) is 0. The first-order chi connectivity index (χ1) is 28.0. The van der Waals surface area contributed by atoms with E-state index in [9.17, 15) is 38.4 Å². The predicted molar refractivity (Wildman–Crippen MR) is 200 cm³/mol. The molecule has 0 spiro atoms. The van der Waals surface area contributed by atoms with Crippen LogP contribution in [0.25, 0.3) is 28.4 Å². The van der Waals surface area contributed by atoms with Crippen LogP contribution >= 0.6 is 0 Å². The molecule has 18 nitrogen and oxygen atoms in total. The molecule has 1 aliphatic rings. The summed E-state index contributed by atoms with van der Waals surface area (Å²) in [6.45, 7) is 6.32. The summed E-state index contributed by atoms with van der Waals surface area (Å²) < 4.78 is 55.5. The highest BCUT2D eigenvalue weighted by molar-refractivity contribution is 5.91. The van der Waals surface area contributed by atoms with E-state index in [4.69, 9.17) is 47.0 Å². The number of fused-ring (bicyclic) bond motifs is 1. The van der Waals surface area contributed by atoms with Crippen LogP contribution in [0.1, 0.15) is 47.1 Å². The quantitative estimate of drug-likeness (QED) is 0.0788. The Kier molecular flexibility index (Phi) is 13.6. The molecule has 1 aliphatic heterocycles. The van der Waals surface area contributed by atoms with Gasteiger partial charge in [-0.05, 0) is 48.0 Å². The molecule has 3 aromatic carbocycles. The van der Waals surface area contributed by atoms with E-state index in [1.54, 1.807) is 12.1 Å². The van der Waals surface area contributed by atoms with Gasteiger partial charge >= 0.3 is 41.8 Å². The first-order valence-electron chi connectivity index (χ1n) is 17.6. The van der Waals surface area contributed by atoms with E-state index >= 15 is 0 Å². The summed E-state index contributed by atoms with van der Waals surface area (Å²) in [5.74, 6) is -6.29. The average Bonchev–Trinajstić information content (AvgIpc) is 3.44. The van der Waals surface area contributed by atoms with Crippen LogP contribution in [0.3, 0.4) is 0 Å². The van der Waals surface area contributed by atoms with Crippen LogP contribution in [0.4, 0.5) is 0 Å². The van der Waals surface area contributed by atoms with Crippen molar-refractivity contribution in [2.45, 2.75) is 66.1 Å². The largest absolute Gasteiger partial charge is 0.463 e. The lowest BCUT2D eigenvalue weighted by atomic mass is 10.1. The van der Waals surface area contributed by atoms with E-state index in [-0.39, 0.29) is 45.3 Å². The van der Waals surface area contributed by atoms with Gasteiger partial charge in [0.05, 0.1) is 0 Å². The number of carbonyl (C=O) groups excluding carboxylic acids is 7. The lowest BCUT2D eigenvalue weighted by molar-refractivity contribution is -0.168. The Labute approximate surface area is 334 Å². The maximum atomic E-state index is 14.6. The summed E-state index contributed by atoms with van der Waals surface area (Å²) in [4.78, 5) is 99.0. The van der Waals surface area contributed by atoms with Crippen LogP contribution in [-0.2, 0) is 52.5 Å². The van der Waals surface area contributed by atoms with Gasteiger partial charge in [0.2, 0.25) is 23.6 Å². The molecule has 1 aromatic heterocycles. The number of esters is 7. The molecule has 4 atom stereocenters. The summed E-state index contributed by atoms with van der Waals surface area (Å²) in [6, 6.07) is 14.0. The fraction of sp³-hybridized carbons (Fsp3) is 0.268. The van der Waals surface area contributed by atoms with Crippen LogP contribution in [-0.4, -0.2) is 73.0 Å². The first-order valence-corrected chi connectivity index (χ1v) is 17.6. The number of ether oxygens (including phenoxy) is 9. The zero-order valence-corrected chi connectivity index (χ0v) is 32.3.